The van der Waals surface area contributed by atoms with E-state index in [4.69, 9.17) is 27.4 Å². The van der Waals surface area contributed by atoms with E-state index in [1.54, 1.807) is 22.7 Å². The maximum atomic E-state index is 11.4. The van der Waals surface area contributed by atoms with Crippen molar-refractivity contribution >= 4 is 121 Å². The molecule has 3 aliphatic rings. The van der Waals surface area contributed by atoms with Gasteiger partial charge in [-0.25, -0.2) is 9.97 Å². The first-order valence-electron chi connectivity index (χ1n) is 14.3. The van der Waals surface area contributed by atoms with Crippen molar-refractivity contribution in [2.75, 3.05) is 55.1 Å². The van der Waals surface area contributed by atoms with Crippen molar-refractivity contribution in [1.29, 1.82) is 0 Å². The second-order valence-electron chi connectivity index (χ2n) is 10.8. The molecule has 5 heterocycles. The Labute approximate surface area is 325 Å². The molecule has 264 valence electrons. The van der Waals surface area contributed by atoms with E-state index in [1.807, 2.05) is 23.2 Å². The Morgan fingerprint density at radius 2 is 1.28 bits per heavy atom. The Morgan fingerprint density at radius 1 is 0.894 bits per heavy atom. The first-order valence-corrected chi connectivity index (χ1v) is 21.8. The van der Waals surface area contributed by atoms with Crippen LogP contribution in [0.3, 0.4) is 0 Å². The number of carbonyl (C=O) groups excluding carboxylic acids is 4. The van der Waals surface area contributed by atoms with E-state index in [9.17, 15) is 19.2 Å². The van der Waals surface area contributed by atoms with E-state index in [0.29, 0.717) is 0 Å². The number of hydrogen-bond donors (Lipinski definition) is 0. The van der Waals surface area contributed by atoms with E-state index in [0.717, 1.165) is 75.3 Å². The van der Waals surface area contributed by atoms with Gasteiger partial charge in [-0.1, -0.05) is 32.5 Å². The zero-order chi connectivity index (χ0) is 33.0. The molecule has 2 aromatic heterocycles. The monoisotopic (exact) mass is 805 g/mol. The summed E-state index contributed by atoms with van der Waals surface area (Å²) in [5.41, 5.74) is 0. The first kappa shape index (κ1) is 51.1. The van der Waals surface area contributed by atoms with E-state index in [2.05, 4.69) is 68.9 Å². The summed E-state index contributed by atoms with van der Waals surface area (Å²) in [7, 11) is -1.14. The standard InChI is InChI=1S/C10H13ClN2OS.C9H11N2OS.C4H8O.C3H9ClSi.C2Cl2O2.ClH.Li.H2O/c11-7-9(14)8-1-4-13(5-2-8)10-12-3-6-15-10;12-7-8-1-4-11(5-2-8)9-10-3-6-13-9;1-2-4-5-3-1;1-5(2,3)4;3-1(5)2(4)6;;;/h3,6,8H,1-2,4-5,7H2;3,6,8H,1-2,4-5H2;1-4H2;1-3H3;;1H;;1H2/q;-1;;;;;+1;/p-1. The summed E-state index contributed by atoms with van der Waals surface area (Å²) in [5, 5.41) is 3.81. The third kappa shape index (κ3) is 25.3. The molecule has 47 heavy (non-hydrogen) atoms. The van der Waals surface area contributed by atoms with Gasteiger partial charge in [-0.2, -0.15) is 11.1 Å². The summed E-state index contributed by atoms with van der Waals surface area (Å²) < 4.78 is 4.94. The van der Waals surface area contributed by atoms with Crippen LogP contribution in [0, 0.1) is 11.8 Å². The van der Waals surface area contributed by atoms with Gasteiger partial charge in [0.15, 0.2) is 16.0 Å². The van der Waals surface area contributed by atoms with Crippen molar-refractivity contribution in [3.63, 3.8) is 0 Å². The molecule has 0 bridgehead atoms. The predicted molar refractivity (Wildman–Crippen MR) is 196 cm³/mol. The number of piperidine rings is 2. The van der Waals surface area contributed by atoms with Crippen LogP contribution in [0.4, 0.5) is 10.3 Å². The number of ether oxygens (including phenoxy) is 1. The molecule has 0 aliphatic carbocycles. The van der Waals surface area contributed by atoms with Crippen LogP contribution in [-0.4, -0.2) is 90.7 Å². The van der Waals surface area contributed by atoms with Gasteiger partial charge in [0.25, 0.3) is 0 Å². The molecule has 10 nitrogen and oxygen atoms in total. The molecule has 0 amide bonds. The van der Waals surface area contributed by atoms with E-state index >= 15 is 0 Å². The molecule has 5 rings (SSSR count). The summed E-state index contributed by atoms with van der Waals surface area (Å²) >= 11 is 23.5. The maximum absolute atomic E-state index is 11.4. The van der Waals surface area contributed by atoms with Gasteiger partial charge >= 0.3 is 29.3 Å². The molecule has 0 aromatic carbocycles. The van der Waals surface area contributed by atoms with Gasteiger partial charge in [-0.3, -0.25) is 20.7 Å². The van der Waals surface area contributed by atoms with Crippen molar-refractivity contribution in [3.8, 4) is 0 Å². The minimum absolute atomic E-state index is 0. The van der Waals surface area contributed by atoms with Gasteiger partial charge in [0.2, 0.25) is 0 Å². The molecule has 1 N–H and O–H groups in total. The number of Topliss-reactive ketones (excluding diaryl/α,β-unsaturated/α-hetero) is 1. The number of alkyl halides is 1. The quantitative estimate of drug-likeness (QED) is 0.104. The normalized spacial score (nSPS) is 15.8. The number of aromatic nitrogens is 2. The number of nitrogens with zero attached hydrogens (tertiary/aromatic N) is 4. The van der Waals surface area contributed by atoms with Gasteiger partial charge < -0.3 is 24.8 Å². The van der Waals surface area contributed by atoms with E-state index in [-0.39, 0.29) is 60.2 Å². The number of hydrogen-bond acceptors (Lipinski definition) is 12. The third-order valence-corrected chi connectivity index (χ3v) is 8.47. The molecule has 0 spiro atoms. The van der Waals surface area contributed by atoms with E-state index in [1.165, 1.54) is 12.8 Å². The van der Waals surface area contributed by atoms with E-state index < -0.39 is 17.9 Å². The second kappa shape index (κ2) is 29.5. The minimum atomic E-state index is -1.14. The van der Waals surface area contributed by atoms with Gasteiger partial charge in [0, 0.05) is 68.5 Å². The zero-order valence-electron chi connectivity index (χ0n) is 27.2. The third-order valence-electron chi connectivity index (χ3n) is 6.11. The number of carbonyl (C=O) groups is 3. The number of thiazole rings is 2. The van der Waals surface area contributed by atoms with Gasteiger partial charge in [0.05, 0.1) is 5.88 Å². The van der Waals surface area contributed by atoms with Crippen LogP contribution in [0.5, 0.6) is 0 Å². The smallest absolute Gasteiger partial charge is 0.870 e. The summed E-state index contributed by atoms with van der Waals surface area (Å²) in [6.07, 6.45) is 11.9. The van der Waals surface area contributed by atoms with Crippen molar-refractivity contribution in [2.24, 2.45) is 11.8 Å². The van der Waals surface area contributed by atoms with Crippen LogP contribution in [0.25, 0.3) is 0 Å². The minimum Gasteiger partial charge on any atom is -0.870 e. The summed E-state index contributed by atoms with van der Waals surface area (Å²) in [6, 6.07) is 0. The summed E-state index contributed by atoms with van der Waals surface area (Å²) in [6.45, 7) is 12.0. The Morgan fingerprint density at radius 3 is 1.53 bits per heavy atom. The first-order chi connectivity index (χ1) is 20.8. The fourth-order valence-corrected chi connectivity index (χ4v) is 5.56. The predicted octanol–water partition coefficient (Wildman–Crippen LogP) is 4.26. The Kier molecular flexibility index (Phi) is 32.0. The van der Waals surface area contributed by atoms with Crippen molar-refractivity contribution in [2.45, 2.75) is 58.2 Å². The molecule has 3 saturated heterocycles. The van der Waals surface area contributed by atoms with Crippen LogP contribution in [0.2, 0.25) is 19.6 Å². The number of ketones is 1. The maximum Gasteiger partial charge on any atom is 1.00 e. The molecule has 19 heteroatoms. The molecule has 0 atom stereocenters. The molecule has 0 unspecified atom stereocenters. The fraction of sp³-hybridized carbons (Fsp3) is 0.643. The molecular weight excluding hydrogens is 765 g/mol. The van der Waals surface area contributed by atoms with Crippen LogP contribution >= 0.6 is 81.0 Å². The Balaban J connectivity index is -0.000000549. The van der Waals surface area contributed by atoms with Crippen LogP contribution in [-0.2, 0) is 23.9 Å². The largest absolute Gasteiger partial charge is 1.00 e. The fourth-order valence-electron chi connectivity index (χ4n) is 3.94. The van der Waals surface area contributed by atoms with Crippen LogP contribution < -0.4 is 28.7 Å². The Bertz CT molecular complexity index is 1060. The number of rotatable bonds is 6. The summed E-state index contributed by atoms with van der Waals surface area (Å²) in [5.74, 6) is 0.660. The Hall–Kier alpha value is -0.276. The molecule has 0 saturated carbocycles. The molecule has 2 aromatic rings. The zero-order valence-corrected chi connectivity index (χ0v) is 33.6. The van der Waals surface area contributed by atoms with Gasteiger partial charge in [-0.15, -0.1) is 52.6 Å². The summed E-state index contributed by atoms with van der Waals surface area (Å²) in [4.78, 5) is 53.6. The van der Waals surface area contributed by atoms with Crippen LogP contribution in [0.15, 0.2) is 23.2 Å². The topological polar surface area (TPSA) is 140 Å². The SMILES string of the molecule is C1CCOC1.C[Si](C)(C)Cl.Cl.O=C(CCl)C1CCN(c2nccs2)CC1.O=C(Cl)C(=O)Cl.O=[C-]C1CCN(c2nccs2)CC1.[Li+].[OH-]. The molecule has 3 fully saturated rings. The average molecular weight is 808 g/mol. The molecule has 0 radical (unpaired) electrons. The average Bonchev–Trinajstić information content (AvgIpc) is 3.82. The van der Waals surface area contributed by atoms with Crippen molar-refractivity contribution in [3.05, 3.63) is 23.2 Å². The van der Waals surface area contributed by atoms with Crippen molar-refractivity contribution < 1.29 is 48.3 Å². The molecule has 3 aliphatic heterocycles. The number of anilines is 2. The second-order valence-corrected chi connectivity index (χ2v) is 21.0. The van der Waals surface area contributed by atoms with Gasteiger partial charge in [0.1, 0.15) is 7.38 Å². The van der Waals surface area contributed by atoms with Crippen molar-refractivity contribution in [1.82, 2.24) is 9.97 Å². The van der Waals surface area contributed by atoms with Crippen LogP contribution in [0.1, 0.15) is 38.5 Å². The number of halogens is 5. The van der Waals surface area contributed by atoms with Gasteiger partial charge in [-0.05, 0) is 48.9 Å². The molecular formula is C28H43Cl5LiN4O6S2Si-.